The number of phenols is 4. The van der Waals surface area contributed by atoms with Crippen LogP contribution in [0.2, 0.25) is 0 Å². The molecular formula is C33H40O21. The van der Waals surface area contributed by atoms with E-state index in [1.165, 1.54) is 13.0 Å². The highest BCUT2D eigenvalue weighted by Gasteiger charge is 2.52. The van der Waals surface area contributed by atoms with Crippen molar-refractivity contribution in [1.82, 2.24) is 0 Å². The highest BCUT2D eigenvalue weighted by atomic mass is 16.8. The Morgan fingerprint density at radius 3 is 2.00 bits per heavy atom. The summed E-state index contributed by atoms with van der Waals surface area (Å²) in [6, 6.07) is 5.04. The second-order valence-electron chi connectivity index (χ2n) is 13.1. The lowest BCUT2D eigenvalue weighted by Gasteiger charge is -2.46. The normalized spacial score (nSPS) is 37.3. The summed E-state index contributed by atoms with van der Waals surface area (Å²) in [5, 5.41) is 134. The topological polar surface area (TPSA) is 349 Å². The summed E-state index contributed by atoms with van der Waals surface area (Å²) in [6.07, 6.45) is -26.5. The lowest BCUT2D eigenvalue weighted by Crippen LogP contribution is -2.65. The zero-order valence-corrected chi connectivity index (χ0v) is 28.0. The predicted octanol–water partition coefficient (Wildman–Crippen LogP) is -3.86. The Bertz CT molecular complexity index is 1850. The second kappa shape index (κ2) is 15.7. The molecule has 0 bridgehead atoms. The molecule has 0 spiro atoms. The summed E-state index contributed by atoms with van der Waals surface area (Å²) in [5.74, 6) is -3.72. The van der Waals surface area contributed by atoms with Crippen LogP contribution in [0.5, 0.6) is 28.7 Å². The van der Waals surface area contributed by atoms with Crippen molar-refractivity contribution in [2.24, 2.45) is 0 Å². The van der Waals surface area contributed by atoms with Gasteiger partial charge in [-0.3, -0.25) is 4.79 Å². The number of rotatable bonds is 9. The Balaban J connectivity index is 1.37. The molecule has 3 fully saturated rings. The first-order chi connectivity index (χ1) is 25.5. The van der Waals surface area contributed by atoms with Crippen LogP contribution < -0.4 is 10.2 Å². The van der Waals surface area contributed by atoms with Crippen molar-refractivity contribution in [2.75, 3.05) is 13.2 Å². The van der Waals surface area contributed by atoms with Gasteiger partial charge in [0.1, 0.15) is 89.6 Å². The summed E-state index contributed by atoms with van der Waals surface area (Å²) in [6.45, 7) is -0.219. The van der Waals surface area contributed by atoms with E-state index in [1.54, 1.807) is 0 Å². The van der Waals surface area contributed by atoms with E-state index in [2.05, 4.69) is 0 Å². The molecule has 3 saturated heterocycles. The summed E-state index contributed by atoms with van der Waals surface area (Å²) < 4.78 is 39.8. The van der Waals surface area contributed by atoms with Crippen molar-refractivity contribution in [3.63, 3.8) is 0 Å². The number of aliphatic hydroxyl groups excluding tert-OH is 9. The molecule has 54 heavy (non-hydrogen) atoms. The van der Waals surface area contributed by atoms with Crippen LogP contribution >= 0.6 is 0 Å². The molecule has 15 atom stereocenters. The third kappa shape index (κ3) is 7.39. The highest BCUT2D eigenvalue weighted by molar-refractivity contribution is 5.88. The smallest absolute Gasteiger partial charge is 0.239 e. The molecule has 6 unspecified atom stereocenters. The van der Waals surface area contributed by atoms with Gasteiger partial charge in [-0.1, -0.05) is 0 Å². The molecule has 0 aliphatic carbocycles. The molecule has 3 aliphatic rings. The fourth-order valence-electron chi connectivity index (χ4n) is 6.33. The summed E-state index contributed by atoms with van der Waals surface area (Å²) >= 11 is 0. The maximum absolute atomic E-state index is 13.9. The van der Waals surface area contributed by atoms with Gasteiger partial charge < -0.3 is 99.2 Å². The van der Waals surface area contributed by atoms with Gasteiger partial charge >= 0.3 is 0 Å². The van der Waals surface area contributed by atoms with Crippen LogP contribution in [-0.4, -0.2) is 172 Å². The molecule has 21 nitrogen and oxygen atoms in total. The van der Waals surface area contributed by atoms with Crippen molar-refractivity contribution >= 4 is 11.0 Å². The minimum Gasteiger partial charge on any atom is -0.508 e. The average molecular weight is 773 g/mol. The number of aromatic hydroxyl groups is 4. The molecule has 298 valence electrons. The molecule has 0 saturated carbocycles. The first-order valence-corrected chi connectivity index (χ1v) is 16.5. The van der Waals surface area contributed by atoms with E-state index in [1.807, 2.05) is 0 Å². The van der Waals surface area contributed by atoms with E-state index in [0.29, 0.717) is 0 Å². The first kappa shape index (κ1) is 39.8. The average Bonchev–Trinajstić information content (AvgIpc) is 3.13. The first-order valence-electron chi connectivity index (χ1n) is 16.5. The number of ether oxygens (including phenoxy) is 6. The fourth-order valence-corrected chi connectivity index (χ4v) is 6.33. The Kier molecular flexibility index (Phi) is 11.5. The van der Waals surface area contributed by atoms with Gasteiger partial charge in [-0.25, -0.2) is 0 Å². The SMILES string of the molecule is CC1O[C@@H](OCC2O[C@@H](Oc3c(-c4ccc(O)c(O)c4)oc4cc(O)cc(O)c4c3=O)[C@@H](O)C(O)[C@@H]2O[C@@H]2OC(CO)[C@@H](O)[C@@H](O)C2O)C(O)[C@@H](O)[C@H]1O. The van der Waals surface area contributed by atoms with Gasteiger partial charge in [0, 0.05) is 17.7 Å². The summed E-state index contributed by atoms with van der Waals surface area (Å²) in [5.41, 5.74) is -1.56. The standard InChI is InChI=1S/C33H40O21/c1-9-19(39)22(42)25(45)31(49-9)48-8-17-29(53-32-26(46)23(43)20(40)16(7-34)51-32)24(44)27(47)33(52-17)54-30-21(41)18-14(38)5-11(35)6-15(18)50-28(30)10-2-3-12(36)13(37)4-10/h2-6,9,16-17,19-20,22-27,29,31-40,42-47H,7-8H2,1H3/t9?,16?,17?,19-,20+,22-,23+,24?,25?,26?,27-,29+,31+,32-,33-/m0/s1. The van der Waals surface area contributed by atoms with Gasteiger partial charge in [-0.05, 0) is 25.1 Å². The van der Waals surface area contributed by atoms with Crippen LogP contribution in [0.1, 0.15) is 6.92 Å². The van der Waals surface area contributed by atoms with E-state index in [-0.39, 0.29) is 11.1 Å². The molecule has 13 N–H and O–H groups in total. The summed E-state index contributed by atoms with van der Waals surface area (Å²) in [7, 11) is 0. The quantitative estimate of drug-likeness (QED) is 0.0925. The lowest BCUT2D eigenvalue weighted by molar-refractivity contribution is -0.359. The largest absolute Gasteiger partial charge is 0.508 e. The van der Waals surface area contributed by atoms with Gasteiger partial charge in [0.15, 0.2) is 29.8 Å². The molecule has 3 aromatic rings. The van der Waals surface area contributed by atoms with Crippen molar-refractivity contribution in [2.45, 2.75) is 99.0 Å². The zero-order valence-electron chi connectivity index (χ0n) is 28.0. The molecule has 6 rings (SSSR count). The van der Waals surface area contributed by atoms with E-state index in [0.717, 1.165) is 24.3 Å². The molecule has 1 aromatic heterocycles. The van der Waals surface area contributed by atoms with Crippen molar-refractivity contribution < 1.29 is 99.2 Å². The minimum atomic E-state index is -2.16. The highest BCUT2D eigenvalue weighted by Crippen LogP contribution is 2.40. The van der Waals surface area contributed by atoms with Crippen LogP contribution in [-0.2, 0) is 23.7 Å². The zero-order chi connectivity index (χ0) is 39.3. The number of hydrogen-bond donors (Lipinski definition) is 13. The predicted molar refractivity (Wildman–Crippen MR) is 173 cm³/mol. The van der Waals surface area contributed by atoms with Crippen LogP contribution in [0.25, 0.3) is 22.3 Å². The Labute approximate surface area is 303 Å². The van der Waals surface area contributed by atoms with Crippen LogP contribution in [0, 0.1) is 0 Å². The third-order valence-electron chi connectivity index (χ3n) is 9.40. The van der Waals surface area contributed by atoms with Gasteiger partial charge in [-0.15, -0.1) is 0 Å². The number of hydrogen-bond acceptors (Lipinski definition) is 21. The second-order valence-corrected chi connectivity index (χ2v) is 13.1. The van der Waals surface area contributed by atoms with Crippen LogP contribution in [0.4, 0.5) is 0 Å². The Morgan fingerprint density at radius 1 is 0.667 bits per heavy atom. The minimum absolute atomic E-state index is 0.102. The molecular weight excluding hydrogens is 732 g/mol. The summed E-state index contributed by atoms with van der Waals surface area (Å²) in [4.78, 5) is 13.9. The van der Waals surface area contributed by atoms with E-state index in [9.17, 15) is 71.2 Å². The Hall–Kier alpha value is -3.91. The van der Waals surface area contributed by atoms with Crippen LogP contribution in [0.3, 0.4) is 0 Å². The molecule has 2 aromatic carbocycles. The third-order valence-corrected chi connectivity index (χ3v) is 9.40. The maximum atomic E-state index is 13.9. The van der Waals surface area contributed by atoms with E-state index < -0.39 is 151 Å². The molecule has 3 aliphatic heterocycles. The fraction of sp³-hybridized carbons (Fsp3) is 0.545. The van der Waals surface area contributed by atoms with Crippen molar-refractivity contribution in [1.29, 1.82) is 0 Å². The number of fused-ring (bicyclic) bond motifs is 1. The van der Waals surface area contributed by atoms with Gasteiger partial charge in [0.05, 0.1) is 19.3 Å². The number of benzene rings is 2. The Morgan fingerprint density at radius 2 is 1.31 bits per heavy atom. The maximum Gasteiger partial charge on any atom is 0.239 e. The van der Waals surface area contributed by atoms with Crippen LogP contribution in [0.15, 0.2) is 39.5 Å². The van der Waals surface area contributed by atoms with Gasteiger partial charge in [0.25, 0.3) is 0 Å². The van der Waals surface area contributed by atoms with E-state index >= 15 is 0 Å². The van der Waals surface area contributed by atoms with Gasteiger partial charge in [-0.2, -0.15) is 0 Å². The monoisotopic (exact) mass is 772 g/mol. The van der Waals surface area contributed by atoms with E-state index in [4.69, 9.17) is 32.8 Å². The molecule has 4 heterocycles. The molecule has 0 amide bonds. The van der Waals surface area contributed by atoms with Crippen molar-refractivity contribution in [3.8, 4) is 40.1 Å². The molecule has 21 heteroatoms. The van der Waals surface area contributed by atoms with Gasteiger partial charge in [0.2, 0.25) is 17.5 Å². The lowest BCUT2D eigenvalue weighted by atomic mass is 9.96. The number of aliphatic hydroxyl groups is 9. The number of phenolic OH excluding ortho intramolecular Hbond substituents is 4. The van der Waals surface area contributed by atoms with Crippen molar-refractivity contribution in [3.05, 3.63) is 40.6 Å². The molecule has 0 radical (unpaired) electrons.